The van der Waals surface area contributed by atoms with Crippen molar-refractivity contribution < 1.29 is 18.5 Å². The van der Waals surface area contributed by atoms with Gasteiger partial charge in [-0.1, -0.05) is 35.5 Å². The van der Waals surface area contributed by atoms with E-state index in [2.05, 4.69) is 15.5 Å². The predicted molar refractivity (Wildman–Crippen MR) is 103 cm³/mol. The Bertz CT molecular complexity index is 1090. The number of methoxy groups -OCH3 is 1. The number of hydrogen-bond donors (Lipinski definition) is 1. The third-order valence-electron chi connectivity index (χ3n) is 4.54. The van der Waals surface area contributed by atoms with Crippen LogP contribution in [0.5, 0.6) is 0 Å². The lowest BCUT2D eigenvalue weighted by atomic mass is 10.1. The Hall–Kier alpha value is -3.45. The Kier molecular flexibility index (Phi) is 4.90. The number of pyridine rings is 1. The van der Waals surface area contributed by atoms with E-state index < -0.39 is 0 Å². The Labute approximate surface area is 161 Å². The zero-order valence-electron chi connectivity index (χ0n) is 15.5. The van der Waals surface area contributed by atoms with Gasteiger partial charge in [-0.05, 0) is 30.7 Å². The highest BCUT2D eigenvalue weighted by Gasteiger charge is 2.21. The molecule has 0 aliphatic carbocycles. The standard InChI is InChI=1S/C21H19N3O4/c1-13-19-15(11-16(17-9-6-10-27-17)23-21(19)28-24-13)20(25)22-12-18(26-2)14-7-4-3-5-8-14/h3-11,18H,12H2,1-2H3,(H,22,25). The molecule has 0 saturated heterocycles. The molecule has 0 aliphatic heterocycles. The highest BCUT2D eigenvalue weighted by atomic mass is 16.5. The molecule has 0 fully saturated rings. The number of carbonyl (C=O) groups is 1. The number of carbonyl (C=O) groups excluding carboxylic acids is 1. The molecule has 3 heterocycles. The summed E-state index contributed by atoms with van der Waals surface area (Å²) in [6, 6.07) is 15.0. The van der Waals surface area contributed by atoms with Gasteiger partial charge < -0.3 is 19.0 Å². The molecule has 0 bridgehead atoms. The van der Waals surface area contributed by atoms with Crippen molar-refractivity contribution in [2.24, 2.45) is 0 Å². The van der Waals surface area contributed by atoms with Crippen LogP contribution in [0.25, 0.3) is 22.6 Å². The van der Waals surface area contributed by atoms with E-state index in [0.29, 0.717) is 40.4 Å². The third-order valence-corrected chi connectivity index (χ3v) is 4.54. The lowest BCUT2D eigenvalue weighted by Gasteiger charge is -2.16. The van der Waals surface area contributed by atoms with E-state index in [4.69, 9.17) is 13.7 Å². The summed E-state index contributed by atoms with van der Waals surface area (Å²) in [4.78, 5) is 17.4. The van der Waals surface area contributed by atoms with Crippen molar-refractivity contribution in [3.8, 4) is 11.5 Å². The van der Waals surface area contributed by atoms with Crippen LogP contribution in [0.4, 0.5) is 0 Å². The monoisotopic (exact) mass is 377 g/mol. The number of amides is 1. The summed E-state index contributed by atoms with van der Waals surface area (Å²) >= 11 is 0. The second-order valence-electron chi connectivity index (χ2n) is 6.33. The summed E-state index contributed by atoms with van der Waals surface area (Å²) in [6.07, 6.45) is 1.30. The zero-order valence-corrected chi connectivity index (χ0v) is 15.5. The molecule has 0 aliphatic rings. The predicted octanol–water partition coefficient (Wildman–Crippen LogP) is 3.91. The molecule has 142 valence electrons. The minimum atomic E-state index is -0.260. The van der Waals surface area contributed by atoms with E-state index in [1.54, 1.807) is 38.5 Å². The second kappa shape index (κ2) is 7.66. The maximum absolute atomic E-state index is 13.0. The minimum absolute atomic E-state index is 0.254. The van der Waals surface area contributed by atoms with E-state index in [1.807, 2.05) is 30.3 Å². The molecule has 1 unspecified atom stereocenters. The zero-order chi connectivity index (χ0) is 19.5. The van der Waals surface area contributed by atoms with Gasteiger partial charge >= 0.3 is 0 Å². The molecule has 1 amide bonds. The van der Waals surface area contributed by atoms with Crippen LogP contribution in [0.15, 0.2) is 63.7 Å². The average Bonchev–Trinajstić information content (AvgIpc) is 3.39. The molecule has 0 spiro atoms. The largest absolute Gasteiger partial charge is 0.463 e. The first-order valence-electron chi connectivity index (χ1n) is 8.84. The molecule has 0 saturated carbocycles. The summed E-state index contributed by atoms with van der Waals surface area (Å²) in [5.74, 6) is 0.286. The van der Waals surface area contributed by atoms with Crippen LogP contribution < -0.4 is 5.32 Å². The molecule has 3 aromatic heterocycles. The fraction of sp³-hybridized carbons (Fsp3) is 0.190. The van der Waals surface area contributed by atoms with Gasteiger partial charge in [0.1, 0.15) is 5.69 Å². The highest BCUT2D eigenvalue weighted by molar-refractivity contribution is 6.06. The second-order valence-corrected chi connectivity index (χ2v) is 6.33. The normalized spacial score (nSPS) is 12.2. The number of nitrogens with one attached hydrogen (secondary N) is 1. The number of ether oxygens (including phenoxy) is 1. The van der Waals surface area contributed by atoms with Crippen LogP contribution in [0.3, 0.4) is 0 Å². The van der Waals surface area contributed by atoms with Crippen molar-refractivity contribution in [3.63, 3.8) is 0 Å². The molecule has 7 heteroatoms. The van der Waals surface area contributed by atoms with Gasteiger partial charge in [0.25, 0.3) is 11.6 Å². The van der Waals surface area contributed by atoms with Crippen LogP contribution in [-0.4, -0.2) is 29.7 Å². The van der Waals surface area contributed by atoms with E-state index >= 15 is 0 Å². The van der Waals surface area contributed by atoms with E-state index in [9.17, 15) is 4.79 Å². The van der Waals surface area contributed by atoms with Crippen LogP contribution in [-0.2, 0) is 4.74 Å². The Morgan fingerprint density at radius 2 is 2.04 bits per heavy atom. The first kappa shape index (κ1) is 17.9. The number of fused-ring (bicyclic) bond motifs is 1. The number of aromatic nitrogens is 2. The fourth-order valence-electron chi connectivity index (χ4n) is 3.11. The van der Waals surface area contributed by atoms with Gasteiger partial charge in [-0.15, -0.1) is 0 Å². The lowest BCUT2D eigenvalue weighted by molar-refractivity contribution is 0.0829. The van der Waals surface area contributed by atoms with Crippen molar-refractivity contribution in [2.45, 2.75) is 13.0 Å². The maximum atomic E-state index is 13.0. The Balaban J connectivity index is 1.64. The number of rotatable bonds is 6. The molecule has 4 aromatic rings. The molecule has 1 N–H and O–H groups in total. The van der Waals surface area contributed by atoms with E-state index in [1.165, 1.54) is 0 Å². The van der Waals surface area contributed by atoms with Crippen molar-refractivity contribution in [2.75, 3.05) is 13.7 Å². The summed E-state index contributed by atoms with van der Waals surface area (Å²) in [5.41, 5.74) is 2.82. The van der Waals surface area contributed by atoms with Gasteiger partial charge in [-0.3, -0.25) is 4.79 Å². The molecule has 4 rings (SSSR count). The van der Waals surface area contributed by atoms with Gasteiger partial charge in [0.2, 0.25) is 0 Å². The topological polar surface area (TPSA) is 90.4 Å². The number of aryl methyl sites for hydroxylation is 1. The van der Waals surface area contributed by atoms with Crippen LogP contribution in [0, 0.1) is 6.92 Å². The molecule has 0 radical (unpaired) electrons. The Morgan fingerprint density at radius 1 is 1.21 bits per heavy atom. The van der Waals surface area contributed by atoms with E-state index in [-0.39, 0.29) is 12.0 Å². The summed E-state index contributed by atoms with van der Waals surface area (Å²) in [5, 5.41) is 7.47. The van der Waals surface area contributed by atoms with Crippen molar-refractivity contribution in [1.29, 1.82) is 0 Å². The smallest absolute Gasteiger partial charge is 0.259 e. The van der Waals surface area contributed by atoms with Crippen LogP contribution in [0.1, 0.15) is 27.7 Å². The summed E-state index contributed by atoms with van der Waals surface area (Å²) in [7, 11) is 1.62. The minimum Gasteiger partial charge on any atom is -0.463 e. The van der Waals surface area contributed by atoms with Crippen molar-refractivity contribution in [1.82, 2.24) is 15.5 Å². The lowest BCUT2D eigenvalue weighted by Crippen LogP contribution is -2.29. The van der Waals surface area contributed by atoms with Gasteiger partial charge in [-0.2, -0.15) is 0 Å². The number of benzene rings is 1. The van der Waals surface area contributed by atoms with Crippen molar-refractivity contribution in [3.05, 3.63) is 71.6 Å². The van der Waals surface area contributed by atoms with Gasteiger partial charge in [0.05, 0.1) is 29.0 Å². The Morgan fingerprint density at radius 3 is 2.75 bits per heavy atom. The number of furan rings is 1. The molecular weight excluding hydrogens is 358 g/mol. The number of nitrogens with zero attached hydrogens (tertiary/aromatic N) is 2. The summed E-state index contributed by atoms with van der Waals surface area (Å²) in [6.45, 7) is 2.10. The van der Waals surface area contributed by atoms with Crippen LogP contribution in [0.2, 0.25) is 0 Å². The number of hydrogen-bond acceptors (Lipinski definition) is 6. The molecular formula is C21H19N3O4. The SMILES string of the molecule is COC(CNC(=O)c1cc(-c2ccco2)nc2onc(C)c12)c1ccccc1. The third kappa shape index (κ3) is 3.39. The van der Waals surface area contributed by atoms with Crippen molar-refractivity contribution >= 4 is 17.0 Å². The molecule has 1 atom stereocenters. The molecule has 1 aromatic carbocycles. The van der Waals surface area contributed by atoms with Gasteiger partial charge in [-0.25, -0.2) is 4.98 Å². The fourth-order valence-corrected chi connectivity index (χ4v) is 3.11. The molecule has 28 heavy (non-hydrogen) atoms. The average molecular weight is 377 g/mol. The first-order valence-corrected chi connectivity index (χ1v) is 8.84. The van der Waals surface area contributed by atoms with Gasteiger partial charge in [0, 0.05) is 13.7 Å². The quantitative estimate of drug-likeness (QED) is 0.548. The molecule has 7 nitrogen and oxygen atoms in total. The van der Waals surface area contributed by atoms with E-state index in [0.717, 1.165) is 5.56 Å². The maximum Gasteiger partial charge on any atom is 0.259 e. The highest BCUT2D eigenvalue weighted by Crippen LogP contribution is 2.27. The first-order chi connectivity index (χ1) is 13.7. The summed E-state index contributed by atoms with van der Waals surface area (Å²) < 4.78 is 16.2. The van der Waals surface area contributed by atoms with Gasteiger partial charge in [0.15, 0.2) is 5.76 Å². The van der Waals surface area contributed by atoms with Crippen LogP contribution >= 0.6 is 0 Å².